The standard InChI is InChI=1S/C17H19FN2O/c1-2-3-12-4-8-15(9-5-12)20-11-14-7-6-13(17(19)21)10-16(14)18/h4-10,20H,2-3,11H2,1H3,(H2,19,21). The minimum absolute atomic E-state index is 0.181. The molecule has 0 saturated heterocycles. The number of nitrogens with two attached hydrogens (primary N) is 1. The van der Waals surface area contributed by atoms with Gasteiger partial charge in [0.1, 0.15) is 5.82 Å². The average Bonchev–Trinajstić information content (AvgIpc) is 2.47. The van der Waals surface area contributed by atoms with Gasteiger partial charge in [0, 0.05) is 23.4 Å². The number of halogens is 1. The fraction of sp³-hybridized carbons (Fsp3) is 0.235. The first-order valence-electron chi connectivity index (χ1n) is 7.01. The summed E-state index contributed by atoms with van der Waals surface area (Å²) in [6.07, 6.45) is 2.17. The number of primary amides is 1. The molecule has 0 aliphatic heterocycles. The molecule has 0 atom stereocenters. The zero-order valence-electron chi connectivity index (χ0n) is 12.0. The van der Waals surface area contributed by atoms with Gasteiger partial charge in [-0.1, -0.05) is 31.5 Å². The van der Waals surface area contributed by atoms with Crippen molar-refractivity contribution in [3.63, 3.8) is 0 Å². The minimum atomic E-state index is -0.625. The van der Waals surface area contributed by atoms with E-state index < -0.39 is 11.7 Å². The average molecular weight is 286 g/mol. The summed E-state index contributed by atoms with van der Waals surface area (Å²) in [4.78, 5) is 11.0. The van der Waals surface area contributed by atoms with Gasteiger partial charge in [-0.15, -0.1) is 0 Å². The van der Waals surface area contributed by atoms with Crippen LogP contribution in [0.15, 0.2) is 42.5 Å². The molecule has 0 fully saturated rings. The number of benzene rings is 2. The highest BCUT2D eigenvalue weighted by molar-refractivity contribution is 5.92. The van der Waals surface area contributed by atoms with Gasteiger partial charge in [-0.2, -0.15) is 0 Å². The first-order chi connectivity index (χ1) is 10.1. The lowest BCUT2D eigenvalue weighted by Crippen LogP contribution is -2.12. The van der Waals surface area contributed by atoms with Gasteiger partial charge < -0.3 is 11.1 Å². The van der Waals surface area contributed by atoms with Crippen LogP contribution in [0.1, 0.15) is 34.8 Å². The van der Waals surface area contributed by atoms with E-state index in [1.54, 1.807) is 6.07 Å². The first-order valence-corrected chi connectivity index (χ1v) is 7.01. The van der Waals surface area contributed by atoms with Crippen LogP contribution in [0.25, 0.3) is 0 Å². The number of amides is 1. The lowest BCUT2D eigenvalue weighted by molar-refractivity contribution is 0.1000. The highest BCUT2D eigenvalue weighted by Gasteiger charge is 2.06. The number of rotatable bonds is 6. The quantitative estimate of drug-likeness (QED) is 0.854. The SMILES string of the molecule is CCCc1ccc(NCc2ccc(C(N)=O)cc2F)cc1. The van der Waals surface area contributed by atoms with Crippen LogP contribution in [0.4, 0.5) is 10.1 Å². The molecule has 0 aromatic heterocycles. The molecule has 0 spiro atoms. The van der Waals surface area contributed by atoms with Gasteiger partial charge in [0.2, 0.25) is 5.91 Å². The molecule has 2 aromatic rings. The number of carbonyl (C=O) groups is 1. The second kappa shape index (κ2) is 6.88. The molecule has 3 N–H and O–H groups in total. The third kappa shape index (κ3) is 4.05. The normalized spacial score (nSPS) is 10.4. The van der Waals surface area contributed by atoms with Gasteiger partial charge in [-0.05, 0) is 36.2 Å². The smallest absolute Gasteiger partial charge is 0.248 e. The van der Waals surface area contributed by atoms with Gasteiger partial charge in [0.15, 0.2) is 0 Å². The Morgan fingerprint density at radius 1 is 1.19 bits per heavy atom. The van der Waals surface area contributed by atoms with Gasteiger partial charge >= 0.3 is 0 Å². The van der Waals surface area contributed by atoms with E-state index in [1.807, 2.05) is 12.1 Å². The third-order valence-electron chi connectivity index (χ3n) is 3.31. The Bertz CT molecular complexity index is 623. The summed E-state index contributed by atoms with van der Waals surface area (Å²) in [5.74, 6) is -1.05. The third-order valence-corrected chi connectivity index (χ3v) is 3.31. The number of hydrogen-bond acceptors (Lipinski definition) is 2. The van der Waals surface area contributed by atoms with Crippen LogP contribution >= 0.6 is 0 Å². The van der Waals surface area contributed by atoms with E-state index in [0.29, 0.717) is 12.1 Å². The van der Waals surface area contributed by atoms with Gasteiger partial charge in [0.25, 0.3) is 0 Å². The topological polar surface area (TPSA) is 55.1 Å². The Labute approximate surface area is 124 Å². The molecule has 2 rings (SSSR count). The van der Waals surface area contributed by atoms with E-state index in [9.17, 15) is 9.18 Å². The number of nitrogens with one attached hydrogen (secondary N) is 1. The van der Waals surface area contributed by atoms with E-state index in [2.05, 4.69) is 24.4 Å². The maximum atomic E-state index is 13.8. The van der Waals surface area contributed by atoms with Crippen molar-refractivity contribution in [2.75, 3.05) is 5.32 Å². The van der Waals surface area contributed by atoms with E-state index in [-0.39, 0.29) is 5.56 Å². The molecule has 0 saturated carbocycles. The monoisotopic (exact) mass is 286 g/mol. The Kier molecular flexibility index (Phi) is 4.93. The van der Waals surface area contributed by atoms with Crippen molar-refractivity contribution in [3.05, 3.63) is 65.0 Å². The number of hydrogen-bond donors (Lipinski definition) is 2. The van der Waals surface area contributed by atoms with Gasteiger partial charge in [-0.3, -0.25) is 4.79 Å². The predicted molar refractivity (Wildman–Crippen MR) is 82.7 cm³/mol. The fourth-order valence-electron chi connectivity index (χ4n) is 2.12. The molecule has 2 aromatic carbocycles. The second-order valence-corrected chi connectivity index (χ2v) is 4.97. The molecule has 0 heterocycles. The number of aryl methyl sites for hydroxylation is 1. The lowest BCUT2D eigenvalue weighted by Gasteiger charge is -2.09. The van der Waals surface area contributed by atoms with Crippen molar-refractivity contribution in [3.8, 4) is 0 Å². The van der Waals surface area contributed by atoms with Crippen LogP contribution in [-0.2, 0) is 13.0 Å². The summed E-state index contributed by atoms with van der Waals surface area (Å²) in [6.45, 7) is 2.50. The molecule has 0 bridgehead atoms. The molecule has 110 valence electrons. The molecule has 0 unspecified atom stereocenters. The van der Waals surface area contributed by atoms with Crippen molar-refractivity contribution in [2.45, 2.75) is 26.3 Å². The molecule has 0 aliphatic rings. The maximum absolute atomic E-state index is 13.8. The molecule has 4 heteroatoms. The zero-order valence-corrected chi connectivity index (χ0v) is 12.0. The summed E-state index contributed by atoms with van der Waals surface area (Å²) in [5.41, 5.74) is 8.02. The Morgan fingerprint density at radius 3 is 2.48 bits per heavy atom. The molecular weight excluding hydrogens is 267 g/mol. The van der Waals surface area contributed by atoms with Crippen molar-refractivity contribution in [1.82, 2.24) is 0 Å². The Balaban J connectivity index is 2.01. The maximum Gasteiger partial charge on any atom is 0.248 e. The van der Waals surface area contributed by atoms with Crippen LogP contribution in [0.2, 0.25) is 0 Å². The zero-order chi connectivity index (χ0) is 15.2. The van der Waals surface area contributed by atoms with Crippen molar-refractivity contribution in [1.29, 1.82) is 0 Å². The van der Waals surface area contributed by atoms with Crippen LogP contribution in [0.5, 0.6) is 0 Å². The van der Waals surface area contributed by atoms with Crippen molar-refractivity contribution >= 4 is 11.6 Å². The molecule has 1 amide bonds. The highest BCUT2D eigenvalue weighted by Crippen LogP contribution is 2.15. The molecular formula is C17H19FN2O. The van der Waals surface area contributed by atoms with Gasteiger partial charge in [-0.25, -0.2) is 4.39 Å². The molecule has 0 aliphatic carbocycles. The largest absolute Gasteiger partial charge is 0.381 e. The number of carbonyl (C=O) groups excluding carboxylic acids is 1. The summed E-state index contributed by atoms with van der Waals surface area (Å²) >= 11 is 0. The summed E-state index contributed by atoms with van der Waals surface area (Å²) in [6, 6.07) is 12.4. The van der Waals surface area contributed by atoms with E-state index >= 15 is 0 Å². The first kappa shape index (κ1) is 15.0. The molecule has 21 heavy (non-hydrogen) atoms. The molecule has 0 radical (unpaired) electrons. The molecule has 3 nitrogen and oxygen atoms in total. The van der Waals surface area contributed by atoms with Crippen molar-refractivity contribution in [2.24, 2.45) is 5.73 Å². The van der Waals surface area contributed by atoms with E-state index in [1.165, 1.54) is 17.7 Å². The van der Waals surface area contributed by atoms with Crippen LogP contribution in [-0.4, -0.2) is 5.91 Å². The van der Waals surface area contributed by atoms with E-state index in [4.69, 9.17) is 5.73 Å². The lowest BCUT2D eigenvalue weighted by atomic mass is 10.1. The second-order valence-electron chi connectivity index (χ2n) is 4.97. The minimum Gasteiger partial charge on any atom is -0.381 e. The van der Waals surface area contributed by atoms with Crippen molar-refractivity contribution < 1.29 is 9.18 Å². The predicted octanol–water partition coefficient (Wildman–Crippen LogP) is 3.49. The van der Waals surface area contributed by atoms with Crippen LogP contribution < -0.4 is 11.1 Å². The number of anilines is 1. The van der Waals surface area contributed by atoms with Crippen LogP contribution in [0, 0.1) is 5.82 Å². The summed E-state index contributed by atoms with van der Waals surface area (Å²) in [5, 5.41) is 3.16. The van der Waals surface area contributed by atoms with Crippen LogP contribution in [0.3, 0.4) is 0 Å². The van der Waals surface area contributed by atoms with Gasteiger partial charge in [0.05, 0.1) is 0 Å². The Hall–Kier alpha value is -2.36. The Morgan fingerprint density at radius 2 is 1.90 bits per heavy atom. The summed E-state index contributed by atoms with van der Waals surface area (Å²) < 4.78 is 13.8. The fourth-order valence-corrected chi connectivity index (χ4v) is 2.12. The highest BCUT2D eigenvalue weighted by atomic mass is 19.1. The van der Waals surface area contributed by atoms with E-state index in [0.717, 1.165) is 18.5 Å². The summed E-state index contributed by atoms with van der Waals surface area (Å²) in [7, 11) is 0.